The van der Waals surface area contributed by atoms with Crippen LogP contribution in [0.2, 0.25) is 5.02 Å². The third-order valence-electron chi connectivity index (χ3n) is 2.52. The van der Waals surface area contributed by atoms with Crippen LogP contribution in [-0.2, 0) is 11.3 Å². The summed E-state index contributed by atoms with van der Waals surface area (Å²) in [6.45, 7) is 1.05. The lowest BCUT2D eigenvalue weighted by Gasteiger charge is -2.10. The highest BCUT2D eigenvalue weighted by molar-refractivity contribution is 6.30. The molecule has 1 atom stereocenters. The van der Waals surface area contributed by atoms with Crippen LogP contribution in [0.1, 0.15) is 5.56 Å². The summed E-state index contributed by atoms with van der Waals surface area (Å²) in [4.78, 5) is 11.6. The van der Waals surface area contributed by atoms with Crippen LogP contribution >= 0.6 is 11.6 Å². The van der Waals surface area contributed by atoms with E-state index in [0.717, 1.165) is 5.56 Å². The van der Waals surface area contributed by atoms with Gasteiger partial charge in [0.1, 0.15) is 11.9 Å². The van der Waals surface area contributed by atoms with Crippen LogP contribution in [0.4, 0.5) is 4.39 Å². The van der Waals surface area contributed by atoms with Gasteiger partial charge >= 0.3 is 0 Å². The largest absolute Gasteiger partial charge is 0.350 e. The van der Waals surface area contributed by atoms with Crippen LogP contribution < -0.4 is 10.6 Å². The summed E-state index contributed by atoms with van der Waals surface area (Å²) in [5.74, 6) is -0.554. The number of carbonyl (C=O) groups is 1. The van der Waals surface area contributed by atoms with Gasteiger partial charge in [0, 0.05) is 13.1 Å². The zero-order valence-corrected chi connectivity index (χ0v) is 9.80. The van der Waals surface area contributed by atoms with Gasteiger partial charge in [-0.3, -0.25) is 10.1 Å². The second-order valence-corrected chi connectivity index (χ2v) is 4.19. The molecule has 0 aliphatic carbocycles. The van der Waals surface area contributed by atoms with Crippen molar-refractivity contribution in [2.45, 2.75) is 12.6 Å². The Morgan fingerprint density at radius 2 is 2.41 bits per heavy atom. The molecule has 5 heteroatoms. The Hall–Kier alpha value is -1.39. The van der Waals surface area contributed by atoms with Crippen molar-refractivity contribution >= 4 is 17.5 Å². The molecule has 0 radical (unpaired) electrons. The standard InChI is InChI=1S/C12H12ClFN2O/c13-9-6-8(3-4-10(9)14)7-16-12(17)11-2-1-5-15-11/h1-4,6,11,15H,5,7H2,(H,16,17). The Morgan fingerprint density at radius 3 is 3.06 bits per heavy atom. The van der Waals surface area contributed by atoms with Crippen LogP contribution in [-0.4, -0.2) is 18.5 Å². The molecule has 1 heterocycles. The lowest BCUT2D eigenvalue weighted by molar-refractivity contribution is -0.122. The summed E-state index contributed by atoms with van der Waals surface area (Å²) in [6, 6.07) is 4.12. The maximum Gasteiger partial charge on any atom is 0.241 e. The van der Waals surface area contributed by atoms with Crippen molar-refractivity contribution in [3.63, 3.8) is 0 Å². The van der Waals surface area contributed by atoms with Gasteiger partial charge in [-0.2, -0.15) is 0 Å². The topological polar surface area (TPSA) is 41.1 Å². The molecule has 1 aliphatic rings. The summed E-state index contributed by atoms with van der Waals surface area (Å²) in [5.41, 5.74) is 0.770. The summed E-state index contributed by atoms with van der Waals surface area (Å²) in [6.07, 6.45) is 3.71. The monoisotopic (exact) mass is 254 g/mol. The van der Waals surface area contributed by atoms with Gasteiger partial charge in [-0.05, 0) is 17.7 Å². The third-order valence-corrected chi connectivity index (χ3v) is 2.81. The number of nitrogens with one attached hydrogen (secondary N) is 2. The summed E-state index contributed by atoms with van der Waals surface area (Å²) < 4.78 is 12.9. The lowest BCUT2D eigenvalue weighted by atomic mass is 10.2. The van der Waals surface area contributed by atoms with Crippen molar-refractivity contribution in [2.24, 2.45) is 0 Å². The van der Waals surface area contributed by atoms with Gasteiger partial charge in [-0.15, -0.1) is 0 Å². The third kappa shape index (κ3) is 3.05. The Labute approximate surface area is 104 Å². The molecule has 2 N–H and O–H groups in total. The van der Waals surface area contributed by atoms with E-state index in [4.69, 9.17) is 11.6 Å². The van der Waals surface area contributed by atoms with E-state index < -0.39 is 5.82 Å². The summed E-state index contributed by atoms with van der Waals surface area (Å²) in [7, 11) is 0. The molecule has 17 heavy (non-hydrogen) atoms. The first-order chi connectivity index (χ1) is 8.16. The molecule has 90 valence electrons. The molecule has 1 aromatic rings. The first-order valence-corrected chi connectivity index (χ1v) is 5.66. The van der Waals surface area contributed by atoms with Crippen LogP contribution in [0.15, 0.2) is 30.4 Å². The summed E-state index contributed by atoms with van der Waals surface area (Å²) >= 11 is 5.65. The number of carbonyl (C=O) groups excluding carboxylic acids is 1. The number of amides is 1. The molecule has 1 aliphatic heterocycles. The molecule has 0 spiro atoms. The molecule has 0 saturated heterocycles. The molecular weight excluding hydrogens is 243 g/mol. The van der Waals surface area contributed by atoms with Crippen LogP contribution in [0, 0.1) is 5.82 Å². The van der Waals surface area contributed by atoms with Crippen molar-refractivity contribution < 1.29 is 9.18 Å². The normalized spacial score (nSPS) is 18.4. The molecule has 1 unspecified atom stereocenters. The molecule has 3 nitrogen and oxygen atoms in total. The minimum absolute atomic E-state index is 0.0654. The van der Waals surface area contributed by atoms with Crippen molar-refractivity contribution in [3.05, 3.63) is 46.8 Å². The van der Waals surface area contributed by atoms with E-state index in [1.807, 2.05) is 12.2 Å². The zero-order valence-electron chi connectivity index (χ0n) is 9.04. The number of hydrogen-bond acceptors (Lipinski definition) is 2. The molecule has 0 fully saturated rings. The molecule has 2 rings (SSSR count). The predicted octanol–water partition coefficient (Wildman–Crippen LogP) is 1.62. The van der Waals surface area contributed by atoms with E-state index in [-0.39, 0.29) is 17.0 Å². The van der Waals surface area contributed by atoms with E-state index in [1.165, 1.54) is 12.1 Å². The minimum Gasteiger partial charge on any atom is -0.350 e. The van der Waals surface area contributed by atoms with Crippen molar-refractivity contribution in [3.8, 4) is 0 Å². The van der Waals surface area contributed by atoms with Crippen molar-refractivity contribution in [2.75, 3.05) is 6.54 Å². The first kappa shape index (κ1) is 12.1. The minimum atomic E-state index is -0.456. The maximum atomic E-state index is 12.9. The van der Waals surface area contributed by atoms with Gasteiger partial charge < -0.3 is 5.32 Å². The van der Waals surface area contributed by atoms with E-state index in [1.54, 1.807) is 6.07 Å². The Kier molecular flexibility index (Phi) is 3.76. The zero-order chi connectivity index (χ0) is 12.3. The van der Waals surface area contributed by atoms with Crippen LogP contribution in [0.5, 0.6) is 0 Å². The van der Waals surface area contributed by atoms with Gasteiger partial charge in [0.2, 0.25) is 5.91 Å². The van der Waals surface area contributed by atoms with Crippen LogP contribution in [0.3, 0.4) is 0 Å². The molecule has 0 saturated carbocycles. The maximum absolute atomic E-state index is 12.9. The molecule has 1 amide bonds. The van der Waals surface area contributed by atoms with Gasteiger partial charge in [0.15, 0.2) is 0 Å². The molecule has 0 aromatic heterocycles. The molecule has 0 bridgehead atoms. The lowest BCUT2D eigenvalue weighted by Crippen LogP contribution is -2.40. The Bertz CT molecular complexity index is 462. The SMILES string of the molecule is O=C(NCc1ccc(F)c(Cl)c1)C1C=CCN1. The summed E-state index contributed by atoms with van der Waals surface area (Å²) in [5, 5.41) is 5.82. The molecule has 1 aromatic carbocycles. The van der Waals surface area contributed by atoms with Crippen molar-refractivity contribution in [1.82, 2.24) is 10.6 Å². The number of hydrogen-bond donors (Lipinski definition) is 2. The Balaban J connectivity index is 1.91. The van der Waals surface area contributed by atoms with Gasteiger partial charge in [-0.25, -0.2) is 4.39 Å². The number of halogens is 2. The highest BCUT2D eigenvalue weighted by Crippen LogP contribution is 2.15. The predicted molar refractivity (Wildman–Crippen MR) is 64.2 cm³/mol. The van der Waals surface area contributed by atoms with Gasteiger partial charge in [0.25, 0.3) is 0 Å². The van der Waals surface area contributed by atoms with Gasteiger partial charge in [-0.1, -0.05) is 29.8 Å². The van der Waals surface area contributed by atoms with Crippen molar-refractivity contribution in [1.29, 1.82) is 0 Å². The average molecular weight is 255 g/mol. The number of rotatable bonds is 3. The fraction of sp³-hybridized carbons (Fsp3) is 0.250. The first-order valence-electron chi connectivity index (χ1n) is 5.28. The highest BCUT2D eigenvalue weighted by Gasteiger charge is 2.16. The molecular formula is C12H12ClFN2O. The fourth-order valence-corrected chi connectivity index (χ4v) is 1.80. The van der Waals surface area contributed by atoms with Crippen LogP contribution in [0.25, 0.3) is 0 Å². The number of benzene rings is 1. The van der Waals surface area contributed by atoms with E-state index in [9.17, 15) is 9.18 Å². The second-order valence-electron chi connectivity index (χ2n) is 3.78. The fourth-order valence-electron chi connectivity index (χ4n) is 1.60. The second kappa shape index (κ2) is 5.29. The van der Waals surface area contributed by atoms with E-state index >= 15 is 0 Å². The quantitative estimate of drug-likeness (QED) is 0.805. The van der Waals surface area contributed by atoms with E-state index in [0.29, 0.717) is 13.1 Å². The smallest absolute Gasteiger partial charge is 0.241 e. The Morgan fingerprint density at radius 1 is 1.59 bits per heavy atom. The van der Waals surface area contributed by atoms with E-state index in [2.05, 4.69) is 10.6 Å². The highest BCUT2D eigenvalue weighted by atomic mass is 35.5. The average Bonchev–Trinajstić information content (AvgIpc) is 2.84. The van der Waals surface area contributed by atoms with Gasteiger partial charge in [0.05, 0.1) is 5.02 Å².